The normalized spacial score (nSPS) is 18.0. The van der Waals surface area contributed by atoms with Crippen LogP contribution < -0.4 is 10.5 Å². The molecule has 3 aromatic rings. The molecule has 10 heteroatoms. The number of nitrogens with zero attached hydrogens (tertiary/aromatic N) is 2. The lowest BCUT2D eigenvalue weighted by molar-refractivity contribution is -0.118. The van der Waals surface area contributed by atoms with Crippen LogP contribution in [0, 0.1) is 17.5 Å². The number of benzene rings is 2. The zero-order valence-electron chi connectivity index (χ0n) is 16.0. The summed E-state index contributed by atoms with van der Waals surface area (Å²) in [5.74, 6) is -3.34. The van der Waals surface area contributed by atoms with Gasteiger partial charge in [-0.1, -0.05) is 23.4 Å². The number of fused-ring (bicyclic) bond motifs is 1. The molecule has 0 spiro atoms. The Balaban J connectivity index is 1.84. The zero-order valence-corrected chi connectivity index (χ0v) is 17.6. The number of thioether (sulfide) groups is 1. The van der Waals surface area contributed by atoms with Gasteiger partial charge in [0.2, 0.25) is 11.5 Å². The number of hydrogen-bond acceptors (Lipinski definition) is 4. The summed E-state index contributed by atoms with van der Waals surface area (Å²) < 4.78 is 42.0. The Morgan fingerprint density at radius 1 is 1.23 bits per heavy atom. The average molecular weight is 466 g/mol. The highest BCUT2D eigenvalue weighted by atomic mass is 35.5. The number of anilines is 1. The second-order valence-corrected chi connectivity index (χ2v) is 8.47. The Morgan fingerprint density at radius 3 is 2.68 bits per heavy atom. The summed E-state index contributed by atoms with van der Waals surface area (Å²) in [4.78, 5) is 33.2. The van der Waals surface area contributed by atoms with Gasteiger partial charge in [-0.2, -0.15) is 0 Å². The highest BCUT2D eigenvalue weighted by Gasteiger charge is 2.33. The number of aromatic amines is 1. The van der Waals surface area contributed by atoms with Crippen molar-refractivity contribution in [3.05, 3.63) is 74.8 Å². The Bertz CT molecular complexity index is 1260. The summed E-state index contributed by atoms with van der Waals surface area (Å²) in [6.45, 7) is 1.59. The monoisotopic (exact) mass is 465 g/mol. The number of rotatable bonds is 4. The van der Waals surface area contributed by atoms with Gasteiger partial charge in [0.1, 0.15) is 11.1 Å². The van der Waals surface area contributed by atoms with E-state index in [1.807, 2.05) is 0 Å². The maximum atomic E-state index is 14.3. The molecule has 0 fully saturated rings. The molecule has 2 atom stereocenters. The number of nitrogens with one attached hydrogen (secondary N) is 1. The average Bonchev–Trinajstić information content (AvgIpc) is 3.13. The number of hydrogen-bond donors (Lipinski definition) is 1. The Hall–Kier alpha value is -2.78. The van der Waals surface area contributed by atoms with Gasteiger partial charge in [-0.25, -0.2) is 13.2 Å². The van der Waals surface area contributed by atoms with Gasteiger partial charge in [-0.3, -0.25) is 14.6 Å². The first kappa shape index (κ1) is 21.5. The molecule has 160 valence electrons. The van der Waals surface area contributed by atoms with Gasteiger partial charge in [-0.05, 0) is 42.8 Å². The minimum Gasteiger partial charge on any atom is -0.319 e. The second kappa shape index (κ2) is 8.39. The van der Waals surface area contributed by atoms with Gasteiger partial charge < -0.3 is 9.88 Å². The maximum absolute atomic E-state index is 14.3. The van der Waals surface area contributed by atoms with Crippen molar-refractivity contribution in [3.63, 3.8) is 0 Å². The van der Waals surface area contributed by atoms with Crippen molar-refractivity contribution in [2.75, 3.05) is 4.90 Å². The summed E-state index contributed by atoms with van der Waals surface area (Å²) in [6, 6.07) is 6.80. The Morgan fingerprint density at radius 2 is 2.00 bits per heavy atom. The molecule has 4 rings (SSSR count). The lowest BCUT2D eigenvalue weighted by atomic mass is 10.1. The first-order chi connectivity index (χ1) is 14.7. The van der Waals surface area contributed by atoms with E-state index in [-0.39, 0.29) is 45.7 Å². The number of halogens is 4. The van der Waals surface area contributed by atoms with Crippen LogP contribution in [-0.4, -0.2) is 27.7 Å². The van der Waals surface area contributed by atoms with Crippen molar-refractivity contribution >= 4 is 51.4 Å². The van der Waals surface area contributed by atoms with Crippen molar-refractivity contribution in [2.45, 2.75) is 24.8 Å². The van der Waals surface area contributed by atoms with Crippen LogP contribution in [0.4, 0.5) is 18.9 Å². The largest absolute Gasteiger partial charge is 0.319 e. The van der Waals surface area contributed by atoms with Crippen LogP contribution in [-0.2, 0) is 11.3 Å². The predicted octanol–water partition coefficient (Wildman–Crippen LogP) is 4.66. The number of aromatic nitrogens is 1. The molecule has 1 aromatic heterocycles. The molecule has 5 nitrogen and oxygen atoms in total. The lowest BCUT2D eigenvalue weighted by Gasteiger charge is -2.27. The molecule has 1 aliphatic heterocycles. The predicted molar refractivity (Wildman–Crippen MR) is 116 cm³/mol. The molecule has 0 aliphatic carbocycles. The first-order valence-corrected chi connectivity index (χ1v) is 10.5. The molecule has 2 aromatic carbocycles. The van der Waals surface area contributed by atoms with E-state index in [4.69, 9.17) is 11.6 Å². The molecule has 0 saturated heterocycles. The first-order valence-electron chi connectivity index (χ1n) is 9.19. The van der Waals surface area contributed by atoms with E-state index < -0.39 is 28.3 Å². The van der Waals surface area contributed by atoms with Gasteiger partial charge in [0.25, 0.3) is 0 Å². The molecule has 1 N–H and O–H groups in total. The van der Waals surface area contributed by atoms with Crippen LogP contribution in [0.25, 0.3) is 10.9 Å². The molecule has 2 heterocycles. The molecule has 1 aliphatic rings. The SMILES string of the molecule is CC1N=CSC1C(=O)N(Cc1cc(=O)[nH]c2c(F)c(F)ccc12)c1cc(F)cc(Cl)c1. The quantitative estimate of drug-likeness (QED) is 0.609. The van der Waals surface area contributed by atoms with Crippen LogP contribution in [0.3, 0.4) is 0 Å². The fourth-order valence-corrected chi connectivity index (χ4v) is 4.59. The van der Waals surface area contributed by atoms with Gasteiger partial charge in [0.05, 0.1) is 23.6 Å². The van der Waals surface area contributed by atoms with Gasteiger partial charge in [0.15, 0.2) is 11.6 Å². The van der Waals surface area contributed by atoms with Crippen molar-refractivity contribution in [1.82, 2.24) is 4.98 Å². The highest BCUT2D eigenvalue weighted by molar-refractivity contribution is 8.13. The third kappa shape index (κ3) is 4.20. The number of carbonyl (C=O) groups is 1. The summed E-state index contributed by atoms with van der Waals surface area (Å²) in [7, 11) is 0. The van der Waals surface area contributed by atoms with Gasteiger partial charge in [-0.15, -0.1) is 0 Å². The van der Waals surface area contributed by atoms with Crippen molar-refractivity contribution < 1.29 is 18.0 Å². The highest BCUT2D eigenvalue weighted by Crippen LogP contribution is 2.31. The molecular weight excluding hydrogens is 451 g/mol. The molecule has 1 amide bonds. The minimum absolute atomic E-state index is 0.0834. The van der Waals surface area contributed by atoms with Crippen molar-refractivity contribution in [2.24, 2.45) is 4.99 Å². The summed E-state index contributed by atoms with van der Waals surface area (Å²) in [6.07, 6.45) is 0. The number of carbonyl (C=O) groups excluding carboxylic acids is 1. The number of aliphatic imine (C=N–C) groups is 1. The van der Waals surface area contributed by atoms with Crippen molar-refractivity contribution in [1.29, 1.82) is 0 Å². The third-order valence-corrected chi connectivity index (χ3v) is 6.28. The Labute approximate surface area is 183 Å². The number of amides is 1. The van der Waals surface area contributed by atoms with Crippen LogP contribution in [0.2, 0.25) is 5.02 Å². The standard InChI is InChI=1S/C21H15ClF3N3O2S/c1-10-20(31-9-26-10)21(30)28(14-6-12(22)5-13(23)7-14)8-11-4-17(29)27-19-15(11)2-3-16(24)18(19)25/h2-7,9-10,20H,8H2,1H3,(H,27,29). The van der Waals surface area contributed by atoms with E-state index in [2.05, 4.69) is 9.98 Å². The van der Waals surface area contributed by atoms with Gasteiger partial charge >= 0.3 is 0 Å². The number of pyridine rings is 1. The fourth-order valence-electron chi connectivity index (χ4n) is 3.44. The molecule has 0 radical (unpaired) electrons. The van der Waals surface area contributed by atoms with E-state index in [0.717, 1.165) is 18.2 Å². The van der Waals surface area contributed by atoms with E-state index in [1.165, 1.54) is 34.9 Å². The van der Waals surface area contributed by atoms with Crippen molar-refractivity contribution in [3.8, 4) is 0 Å². The lowest BCUT2D eigenvalue weighted by Crippen LogP contribution is -2.40. The number of H-pyrrole nitrogens is 1. The molecule has 0 bridgehead atoms. The molecular formula is C21H15ClF3N3O2S. The Kier molecular flexibility index (Phi) is 5.81. The minimum atomic E-state index is -1.20. The third-order valence-electron chi connectivity index (χ3n) is 4.93. The molecule has 0 saturated carbocycles. The summed E-state index contributed by atoms with van der Waals surface area (Å²) in [5, 5.41) is -0.258. The zero-order chi connectivity index (χ0) is 22.3. The van der Waals surface area contributed by atoms with E-state index in [1.54, 1.807) is 12.5 Å². The molecule has 2 unspecified atom stereocenters. The van der Waals surface area contributed by atoms with E-state index in [9.17, 15) is 22.8 Å². The topological polar surface area (TPSA) is 65.5 Å². The van der Waals surface area contributed by atoms with E-state index in [0.29, 0.717) is 0 Å². The van der Waals surface area contributed by atoms with Crippen LogP contribution >= 0.6 is 23.4 Å². The maximum Gasteiger partial charge on any atom is 0.248 e. The fraction of sp³-hybridized carbons (Fsp3) is 0.190. The van der Waals surface area contributed by atoms with E-state index >= 15 is 0 Å². The summed E-state index contributed by atoms with van der Waals surface area (Å²) in [5.41, 5.74) is 1.04. The van der Waals surface area contributed by atoms with Crippen LogP contribution in [0.15, 0.2) is 46.2 Å². The smallest absolute Gasteiger partial charge is 0.248 e. The summed E-state index contributed by atoms with van der Waals surface area (Å²) >= 11 is 7.22. The second-order valence-electron chi connectivity index (χ2n) is 7.05. The molecule has 31 heavy (non-hydrogen) atoms. The van der Waals surface area contributed by atoms with Crippen LogP contribution in [0.5, 0.6) is 0 Å². The van der Waals surface area contributed by atoms with Gasteiger partial charge in [0, 0.05) is 22.2 Å². The van der Waals surface area contributed by atoms with Crippen LogP contribution in [0.1, 0.15) is 12.5 Å².